The van der Waals surface area contributed by atoms with Crippen LogP contribution >= 0.6 is 22.9 Å². The largest absolute Gasteiger partial charge is 0.374 e. The number of aryl methyl sites for hydroxylation is 1. The third-order valence-electron chi connectivity index (χ3n) is 2.81. The van der Waals surface area contributed by atoms with E-state index in [9.17, 15) is 0 Å². The van der Waals surface area contributed by atoms with Crippen LogP contribution in [0.25, 0.3) is 0 Å². The van der Waals surface area contributed by atoms with Gasteiger partial charge in [0.05, 0.1) is 19.3 Å². The molecular formula is C11H17ClN2OS. The van der Waals surface area contributed by atoms with Crippen LogP contribution in [0.3, 0.4) is 0 Å². The van der Waals surface area contributed by atoms with Crippen molar-refractivity contribution >= 4 is 22.9 Å². The molecule has 1 saturated heterocycles. The van der Waals surface area contributed by atoms with E-state index in [0.717, 1.165) is 25.4 Å². The fraction of sp³-hybridized carbons (Fsp3) is 0.727. The number of halogens is 1. The second-order valence-corrected chi connectivity index (χ2v) is 5.52. The highest BCUT2D eigenvalue weighted by Gasteiger charge is 2.25. The van der Waals surface area contributed by atoms with E-state index in [-0.39, 0.29) is 6.10 Å². The highest BCUT2D eigenvalue weighted by molar-refractivity contribution is 7.09. The standard InChI is InChI=1S/C11H17ClN2OS/c1-8-7-16-11(13-8)5-14-4-10(3-12)15-6-9(14)2/h7,9-10H,3-6H2,1-2H3. The maximum atomic E-state index is 5.84. The molecule has 5 heteroatoms. The SMILES string of the molecule is Cc1csc(CN2CC(CCl)OCC2C)n1. The minimum Gasteiger partial charge on any atom is -0.374 e. The number of hydrogen-bond acceptors (Lipinski definition) is 4. The number of thiazole rings is 1. The smallest absolute Gasteiger partial charge is 0.107 e. The minimum absolute atomic E-state index is 0.166. The van der Waals surface area contributed by atoms with Gasteiger partial charge < -0.3 is 4.74 Å². The van der Waals surface area contributed by atoms with Crippen LogP contribution < -0.4 is 0 Å². The third kappa shape index (κ3) is 2.94. The summed E-state index contributed by atoms with van der Waals surface area (Å²) in [5, 5.41) is 3.28. The summed E-state index contributed by atoms with van der Waals surface area (Å²) in [5.74, 6) is 0.570. The molecule has 0 aliphatic carbocycles. The van der Waals surface area contributed by atoms with Crippen molar-refractivity contribution in [1.29, 1.82) is 0 Å². The summed E-state index contributed by atoms with van der Waals surface area (Å²) >= 11 is 7.56. The molecule has 1 aliphatic heterocycles. The first-order valence-corrected chi connectivity index (χ1v) is 6.93. The predicted molar refractivity (Wildman–Crippen MR) is 67.2 cm³/mol. The molecule has 0 radical (unpaired) electrons. The van der Waals surface area contributed by atoms with Crippen LogP contribution in [-0.4, -0.2) is 41.1 Å². The molecule has 16 heavy (non-hydrogen) atoms. The molecule has 90 valence electrons. The van der Waals surface area contributed by atoms with Crippen LogP contribution in [0.5, 0.6) is 0 Å². The van der Waals surface area contributed by atoms with Gasteiger partial charge in [-0.25, -0.2) is 4.98 Å². The molecule has 1 aliphatic rings. The maximum absolute atomic E-state index is 5.84. The van der Waals surface area contributed by atoms with Gasteiger partial charge in [-0.2, -0.15) is 0 Å². The van der Waals surface area contributed by atoms with E-state index in [2.05, 4.69) is 22.2 Å². The van der Waals surface area contributed by atoms with Gasteiger partial charge in [0.2, 0.25) is 0 Å². The minimum atomic E-state index is 0.166. The first-order chi connectivity index (χ1) is 7.69. The topological polar surface area (TPSA) is 25.4 Å². The van der Waals surface area contributed by atoms with Crippen LogP contribution in [-0.2, 0) is 11.3 Å². The van der Waals surface area contributed by atoms with Gasteiger partial charge in [-0.1, -0.05) is 0 Å². The molecule has 3 nitrogen and oxygen atoms in total. The summed E-state index contributed by atoms with van der Waals surface area (Å²) in [6.45, 7) is 6.80. The Morgan fingerprint density at radius 3 is 3.12 bits per heavy atom. The molecule has 1 fully saturated rings. The Hall–Kier alpha value is -0.160. The van der Waals surface area contributed by atoms with Crippen LogP contribution in [0.4, 0.5) is 0 Å². The van der Waals surface area contributed by atoms with Crippen molar-refractivity contribution in [2.75, 3.05) is 19.0 Å². The number of ether oxygens (including phenoxy) is 1. The Bertz CT molecular complexity index is 344. The van der Waals surface area contributed by atoms with Crippen molar-refractivity contribution in [3.63, 3.8) is 0 Å². The lowest BCUT2D eigenvalue weighted by molar-refractivity contribution is -0.0510. The summed E-state index contributed by atoms with van der Waals surface area (Å²) in [6, 6.07) is 0.448. The van der Waals surface area contributed by atoms with Crippen molar-refractivity contribution in [2.45, 2.75) is 32.5 Å². The molecule has 0 saturated carbocycles. The Morgan fingerprint density at radius 2 is 2.50 bits per heavy atom. The van der Waals surface area contributed by atoms with Crippen molar-refractivity contribution in [3.05, 3.63) is 16.1 Å². The monoisotopic (exact) mass is 260 g/mol. The van der Waals surface area contributed by atoms with E-state index in [1.165, 1.54) is 5.01 Å². The van der Waals surface area contributed by atoms with Gasteiger partial charge in [-0.3, -0.25) is 4.90 Å². The fourth-order valence-corrected chi connectivity index (χ4v) is 2.82. The van der Waals surface area contributed by atoms with Crippen LogP contribution in [0.2, 0.25) is 0 Å². The number of aromatic nitrogens is 1. The van der Waals surface area contributed by atoms with Gasteiger partial charge >= 0.3 is 0 Å². The second-order valence-electron chi connectivity index (χ2n) is 4.27. The van der Waals surface area contributed by atoms with Gasteiger partial charge in [0.1, 0.15) is 5.01 Å². The molecule has 1 aromatic heterocycles. The number of hydrogen-bond donors (Lipinski definition) is 0. The van der Waals surface area contributed by atoms with E-state index in [1.54, 1.807) is 11.3 Å². The lowest BCUT2D eigenvalue weighted by Gasteiger charge is -2.36. The molecule has 2 atom stereocenters. The van der Waals surface area contributed by atoms with E-state index < -0.39 is 0 Å². The first kappa shape index (κ1) is 12.3. The second kappa shape index (κ2) is 5.45. The Morgan fingerprint density at radius 1 is 1.69 bits per heavy atom. The molecule has 0 bridgehead atoms. The Balaban J connectivity index is 1.96. The van der Waals surface area contributed by atoms with E-state index in [1.807, 2.05) is 6.92 Å². The van der Waals surface area contributed by atoms with Crippen LogP contribution in [0.1, 0.15) is 17.6 Å². The zero-order chi connectivity index (χ0) is 11.5. The number of morpholine rings is 1. The van der Waals surface area contributed by atoms with Crippen molar-refractivity contribution in [1.82, 2.24) is 9.88 Å². The summed E-state index contributed by atoms with van der Waals surface area (Å²) in [7, 11) is 0. The number of alkyl halides is 1. The third-order valence-corrected chi connectivity index (χ3v) is 4.11. The molecule has 0 N–H and O–H groups in total. The molecule has 2 rings (SSSR count). The zero-order valence-corrected chi connectivity index (χ0v) is 11.2. The molecule has 0 aromatic carbocycles. The van der Waals surface area contributed by atoms with Gasteiger partial charge in [-0.05, 0) is 13.8 Å². The van der Waals surface area contributed by atoms with Gasteiger partial charge in [-0.15, -0.1) is 22.9 Å². The first-order valence-electron chi connectivity index (χ1n) is 5.51. The average molecular weight is 261 g/mol. The molecule has 1 aromatic rings. The predicted octanol–water partition coefficient (Wildman–Crippen LogP) is 2.28. The molecule has 2 heterocycles. The van der Waals surface area contributed by atoms with Crippen molar-refractivity contribution in [3.8, 4) is 0 Å². The fourth-order valence-electron chi connectivity index (χ4n) is 1.84. The normalized spacial score (nSPS) is 27.2. The number of rotatable bonds is 3. The van der Waals surface area contributed by atoms with Gasteiger partial charge in [0.25, 0.3) is 0 Å². The van der Waals surface area contributed by atoms with Gasteiger partial charge in [0.15, 0.2) is 0 Å². The summed E-state index contributed by atoms with van der Waals surface area (Å²) in [6.07, 6.45) is 0.166. The summed E-state index contributed by atoms with van der Waals surface area (Å²) in [4.78, 5) is 6.89. The quantitative estimate of drug-likeness (QED) is 0.780. The Kier molecular flexibility index (Phi) is 4.19. The Labute approximate surface area is 105 Å². The highest BCUT2D eigenvalue weighted by atomic mass is 35.5. The zero-order valence-electron chi connectivity index (χ0n) is 9.65. The summed E-state index contributed by atoms with van der Waals surface area (Å²) < 4.78 is 5.62. The van der Waals surface area contributed by atoms with E-state index in [4.69, 9.17) is 16.3 Å². The lowest BCUT2D eigenvalue weighted by atomic mass is 10.2. The summed E-state index contributed by atoms with van der Waals surface area (Å²) in [5.41, 5.74) is 1.11. The molecule has 0 amide bonds. The highest BCUT2D eigenvalue weighted by Crippen LogP contribution is 2.18. The van der Waals surface area contributed by atoms with E-state index >= 15 is 0 Å². The molecule has 0 spiro atoms. The van der Waals surface area contributed by atoms with Gasteiger partial charge in [0, 0.05) is 29.5 Å². The van der Waals surface area contributed by atoms with Crippen LogP contribution in [0.15, 0.2) is 5.38 Å². The molecular weight excluding hydrogens is 244 g/mol. The van der Waals surface area contributed by atoms with Crippen molar-refractivity contribution < 1.29 is 4.74 Å². The van der Waals surface area contributed by atoms with Crippen LogP contribution in [0, 0.1) is 6.92 Å². The van der Waals surface area contributed by atoms with E-state index in [0.29, 0.717) is 11.9 Å². The number of nitrogens with zero attached hydrogens (tertiary/aromatic N) is 2. The molecule has 2 unspecified atom stereocenters. The average Bonchev–Trinajstić information content (AvgIpc) is 2.67. The lowest BCUT2D eigenvalue weighted by Crippen LogP contribution is -2.48. The van der Waals surface area contributed by atoms with Crippen molar-refractivity contribution in [2.24, 2.45) is 0 Å². The maximum Gasteiger partial charge on any atom is 0.107 e.